The number of nitrogens with zero attached hydrogens (tertiary/aromatic N) is 1. The van der Waals surface area contributed by atoms with Crippen LogP contribution in [0.25, 0.3) is 0 Å². The molecular weight excluding hydrogens is 294 g/mol. The maximum Gasteiger partial charge on any atom is 0.241 e. The highest BCUT2D eigenvalue weighted by Crippen LogP contribution is 2.26. The van der Waals surface area contributed by atoms with Gasteiger partial charge < -0.3 is 5.32 Å². The third kappa shape index (κ3) is 2.56. The number of aromatic nitrogens is 1. The number of thiazole rings is 1. The first-order valence-corrected chi connectivity index (χ1v) is 8.71. The Morgan fingerprint density at radius 2 is 2.30 bits per heavy atom. The standard InChI is InChI=1S/C13H15N3O2S2/c1-9(13-15-6-7-19-13)16-20(17,18)11-3-2-10-4-5-14-12(10)8-11/h2-3,6-9,14,16H,4-5H2,1H3. The number of benzene rings is 1. The molecule has 0 saturated carbocycles. The van der Waals surface area contributed by atoms with Crippen molar-refractivity contribution < 1.29 is 8.42 Å². The second-order valence-corrected chi connectivity index (χ2v) is 7.35. The average Bonchev–Trinajstić information content (AvgIpc) is 3.08. The molecule has 1 aromatic heterocycles. The Balaban J connectivity index is 1.85. The highest BCUT2D eigenvalue weighted by Gasteiger charge is 2.21. The molecule has 1 unspecified atom stereocenters. The van der Waals surface area contributed by atoms with Crippen LogP contribution in [0.5, 0.6) is 0 Å². The van der Waals surface area contributed by atoms with Crippen LogP contribution in [0.1, 0.15) is 23.5 Å². The van der Waals surface area contributed by atoms with Gasteiger partial charge in [-0.3, -0.25) is 0 Å². The zero-order valence-corrected chi connectivity index (χ0v) is 12.6. The maximum atomic E-state index is 12.4. The van der Waals surface area contributed by atoms with Crippen molar-refractivity contribution in [3.63, 3.8) is 0 Å². The average molecular weight is 309 g/mol. The van der Waals surface area contributed by atoms with Crippen molar-refractivity contribution in [3.8, 4) is 0 Å². The molecule has 0 bridgehead atoms. The second-order valence-electron chi connectivity index (χ2n) is 4.71. The Kier molecular flexibility index (Phi) is 3.49. The minimum Gasteiger partial charge on any atom is -0.384 e. The molecule has 2 aromatic rings. The number of rotatable bonds is 4. The summed E-state index contributed by atoms with van der Waals surface area (Å²) in [5.74, 6) is 0. The second kappa shape index (κ2) is 5.16. The number of fused-ring (bicyclic) bond motifs is 1. The normalized spacial score (nSPS) is 15.7. The lowest BCUT2D eigenvalue weighted by Gasteiger charge is -2.12. The van der Waals surface area contributed by atoms with E-state index in [0.29, 0.717) is 0 Å². The predicted molar refractivity (Wildman–Crippen MR) is 79.5 cm³/mol. The van der Waals surface area contributed by atoms with Crippen LogP contribution in [0, 0.1) is 0 Å². The van der Waals surface area contributed by atoms with Crippen molar-refractivity contribution >= 4 is 27.0 Å². The van der Waals surface area contributed by atoms with E-state index in [1.165, 1.54) is 11.3 Å². The molecule has 3 rings (SSSR count). The molecule has 0 saturated heterocycles. The van der Waals surface area contributed by atoms with Crippen LogP contribution >= 0.6 is 11.3 Å². The molecule has 0 spiro atoms. The van der Waals surface area contributed by atoms with Gasteiger partial charge in [0.25, 0.3) is 0 Å². The van der Waals surface area contributed by atoms with E-state index in [0.717, 1.165) is 29.2 Å². The summed E-state index contributed by atoms with van der Waals surface area (Å²) in [6.45, 7) is 2.66. The van der Waals surface area contributed by atoms with Gasteiger partial charge in [-0.1, -0.05) is 6.07 Å². The maximum absolute atomic E-state index is 12.4. The lowest BCUT2D eigenvalue weighted by Crippen LogP contribution is -2.26. The van der Waals surface area contributed by atoms with Gasteiger partial charge in [0.1, 0.15) is 5.01 Å². The number of hydrogen-bond donors (Lipinski definition) is 2. The number of sulfonamides is 1. The van der Waals surface area contributed by atoms with Crippen molar-refractivity contribution in [2.45, 2.75) is 24.3 Å². The lowest BCUT2D eigenvalue weighted by molar-refractivity contribution is 0.566. The molecule has 106 valence electrons. The topological polar surface area (TPSA) is 71.1 Å². The number of hydrogen-bond acceptors (Lipinski definition) is 5. The molecule has 7 heteroatoms. The van der Waals surface area contributed by atoms with E-state index < -0.39 is 10.0 Å². The molecule has 1 aliphatic rings. The molecule has 0 amide bonds. The van der Waals surface area contributed by atoms with Crippen LogP contribution in [-0.4, -0.2) is 19.9 Å². The fraction of sp³-hybridized carbons (Fsp3) is 0.308. The van der Waals surface area contributed by atoms with Crippen molar-refractivity contribution in [1.29, 1.82) is 0 Å². The van der Waals surface area contributed by atoms with Gasteiger partial charge >= 0.3 is 0 Å². The molecule has 1 aliphatic heterocycles. The van der Waals surface area contributed by atoms with Crippen LogP contribution in [-0.2, 0) is 16.4 Å². The first-order chi connectivity index (χ1) is 9.56. The fourth-order valence-electron chi connectivity index (χ4n) is 2.24. The van der Waals surface area contributed by atoms with Gasteiger partial charge in [-0.2, -0.15) is 0 Å². The molecule has 5 nitrogen and oxygen atoms in total. The Labute approximate surface area is 122 Å². The van der Waals surface area contributed by atoms with Crippen molar-refractivity contribution in [2.75, 3.05) is 11.9 Å². The van der Waals surface area contributed by atoms with E-state index in [1.54, 1.807) is 25.3 Å². The van der Waals surface area contributed by atoms with Crippen LogP contribution in [0.15, 0.2) is 34.7 Å². The molecule has 1 atom stereocenters. The molecular formula is C13H15N3O2S2. The molecule has 0 aliphatic carbocycles. The van der Waals surface area contributed by atoms with Crippen molar-refractivity contribution in [2.24, 2.45) is 0 Å². The van der Waals surface area contributed by atoms with E-state index in [9.17, 15) is 8.42 Å². The van der Waals surface area contributed by atoms with Crippen LogP contribution in [0.3, 0.4) is 0 Å². The Hall–Kier alpha value is -1.44. The van der Waals surface area contributed by atoms with Crippen molar-refractivity contribution in [1.82, 2.24) is 9.71 Å². The summed E-state index contributed by atoms with van der Waals surface area (Å²) in [7, 11) is -3.53. The monoisotopic (exact) mass is 309 g/mol. The van der Waals surface area contributed by atoms with E-state index in [4.69, 9.17) is 0 Å². The van der Waals surface area contributed by atoms with E-state index in [2.05, 4.69) is 15.0 Å². The highest BCUT2D eigenvalue weighted by molar-refractivity contribution is 7.89. The van der Waals surface area contributed by atoms with Crippen molar-refractivity contribution in [3.05, 3.63) is 40.3 Å². The van der Waals surface area contributed by atoms with E-state index >= 15 is 0 Å². The number of nitrogens with one attached hydrogen (secondary N) is 2. The van der Waals surface area contributed by atoms with E-state index in [-0.39, 0.29) is 10.9 Å². The van der Waals surface area contributed by atoms with E-state index in [1.807, 2.05) is 11.4 Å². The first kappa shape index (κ1) is 13.5. The highest BCUT2D eigenvalue weighted by atomic mass is 32.2. The summed E-state index contributed by atoms with van der Waals surface area (Å²) in [5, 5.41) is 5.78. The van der Waals surface area contributed by atoms with Crippen LogP contribution < -0.4 is 10.0 Å². The van der Waals surface area contributed by atoms with Gasteiger partial charge in [-0.25, -0.2) is 18.1 Å². The smallest absolute Gasteiger partial charge is 0.241 e. The minimum atomic E-state index is -3.53. The Morgan fingerprint density at radius 3 is 3.05 bits per heavy atom. The largest absolute Gasteiger partial charge is 0.384 e. The van der Waals surface area contributed by atoms with Crippen LogP contribution in [0.2, 0.25) is 0 Å². The molecule has 0 fully saturated rings. The fourth-order valence-corrected chi connectivity index (χ4v) is 4.19. The Bertz CT molecular complexity index is 711. The van der Waals surface area contributed by atoms with Gasteiger partial charge in [0.05, 0.1) is 10.9 Å². The molecule has 0 radical (unpaired) electrons. The van der Waals surface area contributed by atoms with Gasteiger partial charge in [-0.15, -0.1) is 11.3 Å². The summed E-state index contributed by atoms with van der Waals surface area (Å²) in [6, 6.07) is 4.89. The van der Waals surface area contributed by atoms with Gasteiger partial charge in [0, 0.05) is 23.8 Å². The SMILES string of the molecule is CC(NS(=O)(=O)c1ccc2c(c1)NCC2)c1nccs1. The minimum absolute atomic E-state index is 0.286. The zero-order chi connectivity index (χ0) is 14.2. The van der Waals surface area contributed by atoms with Gasteiger partial charge in [0.2, 0.25) is 10.0 Å². The third-order valence-electron chi connectivity index (χ3n) is 3.26. The summed E-state index contributed by atoms with van der Waals surface area (Å²) >= 11 is 1.44. The zero-order valence-electron chi connectivity index (χ0n) is 11.0. The molecule has 2 N–H and O–H groups in total. The predicted octanol–water partition coefficient (Wildman–Crippen LogP) is 2.15. The lowest BCUT2D eigenvalue weighted by atomic mass is 10.2. The first-order valence-electron chi connectivity index (χ1n) is 6.35. The molecule has 2 heterocycles. The Morgan fingerprint density at radius 1 is 1.45 bits per heavy atom. The summed E-state index contributed by atoms with van der Waals surface area (Å²) in [6.07, 6.45) is 2.61. The summed E-state index contributed by atoms with van der Waals surface area (Å²) in [4.78, 5) is 4.42. The van der Waals surface area contributed by atoms with Crippen LogP contribution in [0.4, 0.5) is 5.69 Å². The summed E-state index contributed by atoms with van der Waals surface area (Å²) in [5.41, 5.74) is 2.08. The third-order valence-corrected chi connectivity index (χ3v) is 5.75. The number of anilines is 1. The molecule has 1 aromatic carbocycles. The summed E-state index contributed by atoms with van der Waals surface area (Å²) < 4.78 is 27.4. The van der Waals surface area contributed by atoms with Gasteiger partial charge in [0.15, 0.2) is 0 Å². The molecule has 20 heavy (non-hydrogen) atoms. The van der Waals surface area contributed by atoms with Gasteiger partial charge in [-0.05, 0) is 31.0 Å². The quantitative estimate of drug-likeness (QED) is 0.908.